The molecule has 0 unspecified atom stereocenters. The maximum absolute atomic E-state index is 13.2. The average molecular weight is 435 g/mol. The summed E-state index contributed by atoms with van der Waals surface area (Å²) in [5.74, 6) is 0.0872. The molecule has 5 nitrogen and oxygen atoms in total. The molecule has 0 spiro atoms. The van der Waals surface area contributed by atoms with Crippen LogP contribution in [-0.4, -0.2) is 39.9 Å². The third-order valence-electron chi connectivity index (χ3n) is 5.03. The Labute approximate surface area is 172 Å². The first-order valence-electron chi connectivity index (χ1n) is 9.13. The van der Waals surface area contributed by atoms with Crippen LogP contribution in [0.1, 0.15) is 22.5 Å². The fourth-order valence-electron chi connectivity index (χ4n) is 3.71. The lowest BCUT2D eigenvalue weighted by atomic mass is 10.1. The molecule has 0 bridgehead atoms. The van der Waals surface area contributed by atoms with Crippen LogP contribution in [0.5, 0.6) is 0 Å². The molecule has 0 aliphatic carbocycles. The molecule has 3 heterocycles. The first kappa shape index (κ1) is 18.6. The molecule has 140 valence electrons. The third-order valence-corrected chi connectivity index (χ3v) is 5.47. The number of nitrogens with zero attached hydrogens (tertiary/aromatic N) is 4. The van der Waals surface area contributed by atoms with Crippen molar-refractivity contribution < 1.29 is 4.79 Å². The predicted octanol–water partition coefficient (Wildman–Crippen LogP) is 5.09. The Morgan fingerprint density at radius 2 is 2.07 bits per heavy atom. The van der Waals surface area contributed by atoms with Gasteiger partial charge >= 0.3 is 0 Å². The van der Waals surface area contributed by atoms with Gasteiger partial charge in [0, 0.05) is 35.1 Å². The number of hydrogen-bond donors (Lipinski definition) is 0. The molecule has 0 atom stereocenters. The van der Waals surface area contributed by atoms with Crippen LogP contribution in [0, 0.1) is 13.5 Å². The zero-order valence-corrected chi connectivity index (χ0v) is 17.1. The molecule has 4 rings (SSSR count). The van der Waals surface area contributed by atoms with E-state index in [0.717, 1.165) is 40.9 Å². The Kier molecular flexibility index (Phi) is 5.12. The molecule has 2 aromatic heterocycles. The number of carbonyl (C=O) groups excluding carboxylic acids is 1. The summed E-state index contributed by atoms with van der Waals surface area (Å²) in [7, 11) is 0. The highest BCUT2D eigenvalue weighted by Gasteiger charge is 2.23. The lowest BCUT2D eigenvalue weighted by Gasteiger charge is -2.22. The second kappa shape index (κ2) is 7.70. The Hall–Kier alpha value is -2.75. The Bertz CT molecular complexity index is 1120. The van der Waals surface area contributed by atoms with Crippen molar-refractivity contribution >= 4 is 38.4 Å². The number of aromatic nitrogens is 2. The summed E-state index contributed by atoms with van der Waals surface area (Å²) in [5, 5.41) is 0. The molecule has 0 radical (unpaired) electrons. The summed E-state index contributed by atoms with van der Waals surface area (Å²) in [5.41, 5.74) is 4.64. The summed E-state index contributed by atoms with van der Waals surface area (Å²) < 4.78 is 2.90. The molecule has 0 saturated carbocycles. The van der Waals surface area contributed by atoms with Crippen molar-refractivity contribution in [3.05, 3.63) is 75.8 Å². The van der Waals surface area contributed by atoms with Crippen LogP contribution in [0.15, 0.2) is 53.2 Å². The zero-order valence-electron chi connectivity index (χ0n) is 15.5. The predicted molar refractivity (Wildman–Crippen MR) is 114 cm³/mol. The summed E-state index contributed by atoms with van der Waals surface area (Å²) in [6.45, 7) is 11.2. The van der Waals surface area contributed by atoms with E-state index in [1.54, 1.807) is 18.3 Å². The van der Waals surface area contributed by atoms with Gasteiger partial charge in [0.2, 0.25) is 0 Å². The standard InChI is InChI=1S/C22H19BrN4O/c1-15-21(20(28)14-26-10-4-3-5-11-26)22-19(12-16(23)13-25-22)27(15)18-8-6-17(24-2)7-9-18/h3-4,6-9,12-13H,5,10-11,14H2,1H3. The van der Waals surface area contributed by atoms with E-state index in [4.69, 9.17) is 6.57 Å². The van der Waals surface area contributed by atoms with Gasteiger partial charge in [0.05, 0.1) is 29.7 Å². The molecular formula is C22H19BrN4O. The first-order valence-corrected chi connectivity index (χ1v) is 9.93. The van der Waals surface area contributed by atoms with E-state index in [9.17, 15) is 4.79 Å². The fourth-order valence-corrected chi connectivity index (χ4v) is 4.03. The summed E-state index contributed by atoms with van der Waals surface area (Å²) >= 11 is 3.50. The summed E-state index contributed by atoms with van der Waals surface area (Å²) in [6, 6.07) is 9.38. The Morgan fingerprint density at radius 3 is 2.75 bits per heavy atom. The minimum absolute atomic E-state index is 0.0872. The van der Waals surface area contributed by atoms with Crippen LogP contribution in [0.25, 0.3) is 21.6 Å². The van der Waals surface area contributed by atoms with E-state index in [-0.39, 0.29) is 5.78 Å². The fraction of sp³-hybridized carbons (Fsp3) is 0.227. The van der Waals surface area contributed by atoms with Crippen molar-refractivity contribution in [2.45, 2.75) is 13.3 Å². The topological polar surface area (TPSA) is 42.5 Å². The molecule has 3 aromatic rings. The number of ketones is 1. The number of fused-ring (bicyclic) bond motifs is 1. The number of halogens is 1. The molecule has 1 aliphatic heterocycles. The number of benzene rings is 1. The van der Waals surface area contributed by atoms with E-state index in [0.29, 0.717) is 23.3 Å². The number of pyridine rings is 1. The van der Waals surface area contributed by atoms with E-state index in [1.165, 1.54) is 0 Å². The number of Topliss-reactive ketones (excluding diaryl/α,β-unsaturated/α-hetero) is 1. The number of rotatable bonds is 4. The van der Waals surface area contributed by atoms with Gasteiger partial charge < -0.3 is 4.57 Å². The van der Waals surface area contributed by atoms with Gasteiger partial charge in [0.1, 0.15) is 0 Å². The summed E-state index contributed by atoms with van der Waals surface area (Å²) in [6.07, 6.45) is 6.98. The average Bonchev–Trinajstić information content (AvgIpc) is 3.00. The SMILES string of the molecule is [C-]#[N+]c1ccc(-n2c(C)c(C(=O)CN3CC=CCC3)c3ncc(Br)cc32)cc1. The van der Waals surface area contributed by atoms with Crippen molar-refractivity contribution in [2.75, 3.05) is 19.6 Å². The maximum atomic E-state index is 13.2. The Balaban J connectivity index is 1.83. The minimum Gasteiger partial charge on any atom is -0.312 e. The van der Waals surface area contributed by atoms with Crippen LogP contribution in [0.2, 0.25) is 0 Å². The van der Waals surface area contributed by atoms with Gasteiger partial charge in [-0.3, -0.25) is 14.7 Å². The highest BCUT2D eigenvalue weighted by atomic mass is 79.9. The van der Waals surface area contributed by atoms with Gasteiger partial charge in [-0.25, -0.2) is 4.85 Å². The van der Waals surface area contributed by atoms with E-state index < -0.39 is 0 Å². The summed E-state index contributed by atoms with van der Waals surface area (Å²) in [4.78, 5) is 23.4. The van der Waals surface area contributed by atoms with Crippen LogP contribution in [0.3, 0.4) is 0 Å². The zero-order chi connectivity index (χ0) is 19.7. The molecule has 1 aliphatic rings. The highest BCUT2D eigenvalue weighted by molar-refractivity contribution is 9.10. The van der Waals surface area contributed by atoms with Gasteiger partial charge in [0.25, 0.3) is 0 Å². The molecule has 0 fully saturated rings. The van der Waals surface area contributed by atoms with Gasteiger partial charge in [-0.1, -0.05) is 24.3 Å². The third kappa shape index (κ3) is 3.39. The van der Waals surface area contributed by atoms with E-state index >= 15 is 0 Å². The number of carbonyl (C=O) groups is 1. The molecule has 0 N–H and O–H groups in total. The van der Waals surface area contributed by atoms with Crippen molar-refractivity contribution in [3.8, 4) is 5.69 Å². The lowest BCUT2D eigenvalue weighted by Crippen LogP contribution is -2.32. The molecule has 0 amide bonds. The molecule has 6 heteroatoms. The van der Waals surface area contributed by atoms with Crippen LogP contribution >= 0.6 is 15.9 Å². The van der Waals surface area contributed by atoms with Gasteiger partial charge in [-0.15, -0.1) is 0 Å². The quantitative estimate of drug-likeness (QED) is 0.326. The molecule has 28 heavy (non-hydrogen) atoms. The number of hydrogen-bond acceptors (Lipinski definition) is 3. The molecular weight excluding hydrogens is 416 g/mol. The lowest BCUT2D eigenvalue weighted by molar-refractivity contribution is 0.0937. The van der Waals surface area contributed by atoms with Gasteiger partial charge in [-0.05, 0) is 47.5 Å². The molecule has 0 saturated heterocycles. The smallest absolute Gasteiger partial charge is 0.187 e. The Morgan fingerprint density at radius 1 is 1.29 bits per heavy atom. The van der Waals surface area contributed by atoms with Crippen molar-refractivity contribution in [1.29, 1.82) is 0 Å². The van der Waals surface area contributed by atoms with Crippen LogP contribution < -0.4 is 0 Å². The van der Waals surface area contributed by atoms with E-state index in [2.05, 4.69) is 42.8 Å². The van der Waals surface area contributed by atoms with Gasteiger partial charge in [-0.2, -0.15) is 0 Å². The second-order valence-electron chi connectivity index (χ2n) is 6.86. The monoisotopic (exact) mass is 434 g/mol. The van der Waals surface area contributed by atoms with Crippen molar-refractivity contribution in [3.63, 3.8) is 0 Å². The first-order chi connectivity index (χ1) is 13.6. The minimum atomic E-state index is 0.0872. The highest BCUT2D eigenvalue weighted by Crippen LogP contribution is 2.31. The molecule has 1 aromatic carbocycles. The van der Waals surface area contributed by atoms with Crippen LogP contribution in [0.4, 0.5) is 5.69 Å². The normalized spacial score (nSPS) is 14.3. The van der Waals surface area contributed by atoms with Gasteiger partial charge in [0.15, 0.2) is 11.5 Å². The van der Waals surface area contributed by atoms with E-state index in [1.807, 2.05) is 29.7 Å². The maximum Gasteiger partial charge on any atom is 0.187 e. The van der Waals surface area contributed by atoms with Crippen LogP contribution in [-0.2, 0) is 0 Å². The largest absolute Gasteiger partial charge is 0.312 e. The second-order valence-corrected chi connectivity index (χ2v) is 7.78. The van der Waals surface area contributed by atoms with Crippen molar-refractivity contribution in [2.24, 2.45) is 0 Å². The van der Waals surface area contributed by atoms with Crippen molar-refractivity contribution in [1.82, 2.24) is 14.5 Å².